The van der Waals surface area contributed by atoms with Gasteiger partial charge in [0.15, 0.2) is 0 Å². The molecule has 0 aliphatic carbocycles. The van der Waals surface area contributed by atoms with Crippen LogP contribution in [0.4, 0.5) is 11.4 Å². The van der Waals surface area contributed by atoms with Gasteiger partial charge < -0.3 is 10.3 Å². The molecule has 0 amide bonds. The van der Waals surface area contributed by atoms with Crippen molar-refractivity contribution in [1.29, 1.82) is 0 Å². The van der Waals surface area contributed by atoms with Gasteiger partial charge in [-0.3, -0.25) is 24.9 Å². The van der Waals surface area contributed by atoms with Crippen LogP contribution in [0.1, 0.15) is 0 Å². The van der Waals surface area contributed by atoms with E-state index in [0.29, 0.717) is 6.07 Å². The summed E-state index contributed by atoms with van der Waals surface area (Å²) in [7, 11) is 0. The fourth-order valence-corrected chi connectivity index (χ4v) is 1.28. The largest absolute Gasteiger partial charge is 1.00 e. The smallest absolute Gasteiger partial charge is 0.499 e. The first kappa shape index (κ1) is 14.7. The average molecular weight is 281 g/mol. The van der Waals surface area contributed by atoms with Gasteiger partial charge in [-0.2, -0.15) is 0 Å². The maximum atomic E-state index is 11.0. The molecule has 0 bridgehead atoms. The quantitative estimate of drug-likeness (QED) is 0.263. The molecule has 11 nitrogen and oxygen atoms in total. The number of nitro benzene ring substituents is 2. The van der Waals surface area contributed by atoms with Crippen molar-refractivity contribution in [2.24, 2.45) is 0 Å². The molecule has 0 aliphatic heterocycles. The second-order valence-corrected chi connectivity index (χ2v) is 2.90. The molecule has 88 valence electrons. The number of aromatic nitrogens is 2. The van der Waals surface area contributed by atoms with Gasteiger partial charge in [-0.15, -0.1) is 0 Å². The van der Waals surface area contributed by atoms with Crippen molar-refractivity contribution in [2.75, 3.05) is 0 Å². The van der Waals surface area contributed by atoms with Crippen LogP contribution < -0.4 is 56.3 Å². The normalized spacial score (nSPS) is 10.0. The van der Waals surface area contributed by atoms with E-state index in [9.17, 15) is 30.5 Å². The van der Waals surface area contributed by atoms with Crippen LogP contribution in [0.2, 0.25) is 0 Å². The molecule has 1 heterocycles. The number of phenolic OH excluding ortho intramolecular Hbond substituents is 1. The summed E-state index contributed by atoms with van der Waals surface area (Å²) in [4.78, 5) is 18.8. The van der Waals surface area contributed by atoms with Crippen molar-refractivity contribution in [1.82, 2.24) is 5.16 Å². The van der Waals surface area contributed by atoms with Crippen molar-refractivity contribution in [3.63, 3.8) is 0 Å². The van der Waals surface area contributed by atoms with Gasteiger partial charge in [0.2, 0.25) is 0 Å². The number of fused-ring (bicyclic) bond motifs is 1. The topological polar surface area (TPSA) is 159 Å². The summed E-state index contributed by atoms with van der Waals surface area (Å²) in [5.74, 6) is -1.04. The van der Waals surface area contributed by atoms with Gasteiger partial charge in [0.05, 0.1) is 15.0 Å². The summed E-state index contributed by atoms with van der Waals surface area (Å²) < 4.78 is 4.05. The van der Waals surface area contributed by atoms with E-state index in [2.05, 4.69) is 9.79 Å². The maximum Gasteiger partial charge on any atom is 1.00 e. The molecule has 0 fully saturated rings. The molecule has 0 saturated carbocycles. The Kier molecular flexibility index (Phi) is 4.18. The Balaban J connectivity index is 0.00000162. The molecule has 12 heteroatoms. The molecular weight excluding hydrogens is 279 g/mol. The van der Waals surface area contributed by atoms with Gasteiger partial charge in [-0.1, -0.05) is 0 Å². The minimum absolute atomic E-state index is 0. The zero-order chi connectivity index (χ0) is 12.7. The molecule has 0 radical (unpaired) electrons. The molecule has 2 aromatic rings. The Hall–Kier alpha value is -1.34. The second-order valence-electron chi connectivity index (χ2n) is 2.90. The van der Waals surface area contributed by atoms with Crippen LogP contribution in [0.15, 0.2) is 10.7 Å². The summed E-state index contributed by atoms with van der Waals surface area (Å²) in [6.45, 7) is 0. The molecule has 1 aromatic heterocycles. The van der Waals surface area contributed by atoms with Gasteiger partial charge >= 0.3 is 68.3 Å². The Morgan fingerprint density at radius 3 is 2.33 bits per heavy atom. The van der Waals surface area contributed by atoms with E-state index in [1.54, 1.807) is 0 Å². The Morgan fingerprint density at radius 1 is 1.28 bits per heavy atom. The monoisotopic (exact) mass is 281 g/mol. The van der Waals surface area contributed by atoms with E-state index in [1.165, 1.54) is 0 Å². The van der Waals surface area contributed by atoms with Crippen molar-refractivity contribution >= 4 is 22.4 Å². The third kappa shape index (κ3) is 2.15. The third-order valence-corrected chi connectivity index (χ3v) is 1.99. The van der Waals surface area contributed by atoms with Crippen LogP contribution in [0.3, 0.4) is 0 Å². The average Bonchev–Trinajstić information content (AvgIpc) is 2.61. The fraction of sp³-hybridized carbons (Fsp3) is 0. The van der Waals surface area contributed by atoms with E-state index in [4.69, 9.17) is 0 Å². The number of aromatic hydroxyl groups is 1. The predicted molar refractivity (Wildman–Crippen MR) is 47.9 cm³/mol. The number of nitrogens with zero attached hydrogens (tertiary/aromatic N) is 4. The second kappa shape index (κ2) is 5.11. The van der Waals surface area contributed by atoms with E-state index >= 15 is 0 Å². The van der Waals surface area contributed by atoms with Gasteiger partial charge in [-0.25, -0.2) is 0 Å². The molecule has 0 aliphatic rings. The molecule has 1 aromatic carbocycles. The van der Waals surface area contributed by atoms with Crippen molar-refractivity contribution in [2.45, 2.75) is 0 Å². The Bertz CT molecular complexity index is 653. The van der Waals surface area contributed by atoms with Crippen LogP contribution in [0, 0.1) is 25.4 Å². The molecule has 0 unspecified atom stereocenters. The van der Waals surface area contributed by atoms with Gasteiger partial charge in [-0.05, 0) is 4.90 Å². The van der Waals surface area contributed by atoms with E-state index in [-0.39, 0.29) is 56.3 Å². The molecule has 2 rings (SSSR count). The van der Waals surface area contributed by atoms with Crippen LogP contribution in [0.5, 0.6) is 5.75 Å². The maximum absolute atomic E-state index is 11.0. The first-order valence-electron chi connectivity index (χ1n) is 3.97. The van der Waals surface area contributed by atoms with Crippen LogP contribution in [0.25, 0.3) is 11.0 Å². The standard InChI is InChI=1S/C6H2N4O7.K/c11-6-3(9(14)15)1-2(8(12)13)4-5(6)10(16)17-7-4;/h1,11H;/q;+1. The first-order valence-corrected chi connectivity index (χ1v) is 3.97. The predicted octanol–water partition coefficient (Wildman–Crippen LogP) is -3.01. The van der Waals surface area contributed by atoms with Crippen LogP contribution in [-0.2, 0) is 0 Å². The SMILES string of the molecule is O=[N+]([O-])c1cc([N+](=O)[O-])c2no[n+]([O-])c2c1O.[K+]. The third-order valence-electron chi connectivity index (χ3n) is 1.99. The summed E-state index contributed by atoms with van der Waals surface area (Å²) in [5.41, 5.74) is -3.10. The Morgan fingerprint density at radius 2 is 1.83 bits per heavy atom. The molecule has 0 atom stereocenters. The summed E-state index contributed by atoms with van der Waals surface area (Å²) >= 11 is 0. The molecule has 0 spiro atoms. The van der Waals surface area contributed by atoms with E-state index < -0.39 is 38.0 Å². The number of phenols is 1. The van der Waals surface area contributed by atoms with Crippen molar-refractivity contribution in [3.05, 3.63) is 31.5 Å². The van der Waals surface area contributed by atoms with Crippen molar-refractivity contribution in [3.8, 4) is 5.75 Å². The van der Waals surface area contributed by atoms with Crippen molar-refractivity contribution < 1.29 is 75.9 Å². The molecule has 0 saturated heterocycles. The Labute approximate surface area is 139 Å². The van der Waals surface area contributed by atoms with Gasteiger partial charge in [0.25, 0.3) is 11.3 Å². The minimum atomic E-state index is -1.06. The first-order chi connectivity index (χ1) is 7.93. The van der Waals surface area contributed by atoms with Gasteiger partial charge in [0, 0.05) is 0 Å². The number of nitro groups is 2. The number of non-ortho nitro benzene ring substituents is 1. The van der Waals surface area contributed by atoms with Gasteiger partial charge in [0.1, 0.15) is 6.07 Å². The number of hydrogen-bond acceptors (Lipinski definition) is 8. The summed E-state index contributed by atoms with van der Waals surface area (Å²) in [6, 6.07) is 0.500. The zero-order valence-corrected chi connectivity index (χ0v) is 11.9. The van der Waals surface area contributed by atoms with Crippen LogP contribution in [-0.4, -0.2) is 20.1 Å². The number of hydrogen-bond donors (Lipinski definition) is 1. The number of rotatable bonds is 2. The van der Waals surface area contributed by atoms with Crippen LogP contribution >= 0.6 is 0 Å². The fourth-order valence-electron chi connectivity index (χ4n) is 1.28. The zero-order valence-electron chi connectivity index (χ0n) is 8.76. The molecule has 1 N–H and O–H groups in total. The molecule has 18 heavy (non-hydrogen) atoms. The summed E-state index contributed by atoms with van der Waals surface area (Å²) in [5, 5.41) is 44.6. The summed E-state index contributed by atoms with van der Waals surface area (Å²) in [6.07, 6.45) is 0. The minimum Gasteiger partial charge on any atom is -0.499 e. The number of benzene rings is 1. The molecular formula is C6H2KN4O7+. The van der Waals surface area contributed by atoms with E-state index in [1.807, 2.05) is 0 Å². The van der Waals surface area contributed by atoms with E-state index in [0.717, 1.165) is 0 Å².